The summed E-state index contributed by atoms with van der Waals surface area (Å²) in [5.74, 6) is -0.478. The zero-order valence-corrected chi connectivity index (χ0v) is 14.3. The van der Waals surface area contributed by atoms with E-state index in [1.165, 1.54) is 4.90 Å². The van der Waals surface area contributed by atoms with Crippen molar-refractivity contribution in [3.8, 4) is 6.07 Å². The molecule has 0 bridgehead atoms. The first-order chi connectivity index (χ1) is 9.93. The van der Waals surface area contributed by atoms with Crippen LogP contribution in [0.3, 0.4) is 0 Å². The van der Waals surface area contributed by atoms with Gasteiger partial charge < -0.3 is 9.47 Å². The first kappa shape index (κ1) is 18.3. The maximum Gasteiger partial charge on any atom is 0.411 e. The summed E-state index contributed by atoms with van der Waals surface area (Å²) in [6.07, 6.45) is 0.198. The molecule has 0 unspecified atom stereocenters. The van der Waals surface area contributed by atoms with Crippen molar-refractivity contribution >= 4 is 12.1 Å². The minimum absolute atomic E-state index is 0.0324. The number of esters is 1. The largest absolute Gasteiger partial charge is 0.458 e. The number of carbonyl (C=O) groups is 2. The SMILES string of the molecule is CC(C)(C)OC(=O)[C@@H]1C[C@H](CC#N)CN1C(=O)OC(C)(C)C. The van der Waals surface area contributed by atoms with E-state index in [2.05, 4.69) is 6.07 Å². The smallest absolute Gasteiger partial charge is 0.411 e. The van der Waals surface area contributed by atoms with Gasteiger partial charge in [-0.25, -0.2) is 9.59 Å². The lowest BCUT2D eigenvalue weighted by atomic mass is 10.0. The second-order valence-electron chi connectivity index (χ2n) is 7.65. The molecule has 0 aromatic carbocycles. The Hall–Kier alpha value is -1.77. The standard InChI is InChI=1S/C16H26N2O4/c1-15(2,3)21-13(19)12-9-11(7-8-17)10-18(12)14(20)22-16(4,5)6/h11-12H,7,9-10H2,1-6H3/t11-,12-/m0/s1. The number of carbonyl (C=O) groups excluding carboxylic acids is 2. The number of nitrogens with zero attached hydrogens (tertiary/aromatic N) is 2. The van der Waals surface area contributed by atoms with Crippen molar-refractivity contribution in [1.82, 2.24) is 4.90 Å². The molecule has 0 N–H and O–H groups in total. The molecule has 1 heterocycles. The lowest BCUT2D eigenvalue weighted by molar-refractivity contribution is -0.160. The van der Waals surface area contributed by atoms with Gasteiger partial charge in [0.15, 0.2) is 0 Å². The van der Waals surface area contributed by atoms with Gasteiger partial charge in [-0.1, -0.05) is 0 Å². The quantitative estimate of drug-likeness (QED) is 0.733. The molecule has 1 rings (SSSR count). The molecule has 2 atom stereocenters. The summed E-state index contributed by atoms with van der Waals surface area (Å²) in [4.78, 5) is 26.0. The summed E-state index contributed by atoms with van der Waals surface area (Å²) in [7, 11) is 0. The van der Waals surface area contributed by atoms with Crippen molar-refractivity contribution in [3.63, 3.8) is 0 Å². The Morgan fingerprint density at radius 1 is 1.14 bits per heavy atom. The summed E-state index contributed by atoms with van der Waals surface area (Å²) in [6.45, 7) is 11.0. The molecule has 0 aliphatic carbocycles. The van der Waals surface area contributed by atoms with Gasteiger partial charge >= 0.3 is 12.1 Å². The van der Waals surface area contributed by atoms with Gasteiger partial charge in [-0.3, -0.25) is 4.90 Å². The van der Waals surface area contributed by atoms with E-state index in [0.717, 1.165) is 0 Å². The van der Waals surface area contributed by atoms with Crippen LogP contribution in [0.1, 0.15) is 54.4 Å². The fourth-order valence-electron chi connectivity index (χ4n) is 2.32. The van der Waals surface area contributed by atoms with Crippen molar-refractivity contribution in [2.45, 2.75) is 71.6 Å². The molecule has 1 aliphatic heterocycles. The van der Waals surface area contributed by atoms with Gasteiger partial charge in [0.1, 0.15) is 17.2 Å². The van der Waals surface area contributed by atoms with E-state index < -0.39 is 29.3 Å². The van der Waals surface area contributed by atoms with Gasteiger partial charge in [0.05, 0.1) is 6.07 Å². The number of hydrogen-bond donors (Lipinski definition) is 0. The van der Waals surface area contributed by atoms with E-state index in [-0.39, 0.29) is 5.92 Å². The molecule has 0 aromatic rings. The molecule has 0 radical (unpaired) electrons. The second-order valence-corrected chi connectivity index (χ2v) is 7.65. The van der Waals surface area contributed by atoms with Gasteiger partial charge in [0.2, 0.25) is 0 Å². The van der Waals surface area contributed by atoms with Crippen molar-refractivity contribution in [3.05, 3.63) is 0 Å². The molecular formula is C16H26N2O4. The van der Waals surface area contributed by atoms with Crippen molar-refractivity contribution < 1.29 is 19.1 Å². The third kappa shape index (κ3) is 5.55. The van der Waals surface area contributed by atoms with Crippen molar-refractivity contribution in [2.24, 2.45) is 5.92 Å². The van der Waals surface area contributed by atoms with E-state index in [1.54, 1.807) is 41.5 Å². The number of hydrogen-bond acceptors (Lipinski definition) is 5. The highest BCUT2D eigenvalue weighted by Crippen LogP contribution is 2.29. The highest BCUT2D eigenvalue weighted by Gasteiger charge is 2.43. The summed E-state index contributed by atoms with van der Waals surface area (Å²) < 4.78 is 10.7. The van der Waals surface area contributed by atoms with Crippen LogP contribution in [0.15, 0.2) is 0 Å². The maximum atomic E-state index is 12.3. The van der Waals surface area contributed by atoms with Crippen LogP contribution in [-0.4, -0.2) is 40.8 Å². The van der Waals surface area contributed by atoms with Crippen LogP contribution in [0.2, 0.25) is 0 Å². The average molecular weight is 310 g/mol. The van der Waals surface area contributed by atoms with Crippen LogP contribution >= 0.6 is 0 Å². The molecular weight excluding hydrogens is 284 g/mol. The predicted octanol–water partition coefficient (Wildman–Crippen LogP) is 2.87. The van der Waals surface area contributed by atoms with Crippen LogP contribution in [0, 0.1) is 17.2 Å². The minimum Gasteiger partial charge on any atom is -0.458 e. The van der Waals surface area contributed by atoms with Crippen LogP contribution < -0.4 is 0 Å². The molecule has 22 heavy (non-hydrogen) atoms. The normalized spacial score (nSPS) is 22.1. The Bertz CT molecular complexity index is 432. The molecule has 1 amide bonds. The molecule has 124 valence electrons. The number of ether oxygens (including phenoxy) is 2. The van der Waals surface area contributed by atoms with Crippen molar-refractivity contribution in [2.75, 3.05) is 6.54 Å². The lowest BCUT2D eigenvalue weighted by Crippen LogP contribution is -2.45. The monoisotopic (exact) mass is 310 g/mol. The first-order valence-corrected chi connectivity index (χ1v) is 7.52. The maximum absolute atomic E-state index is 12.3. The summed E-state index contributed by atoms with van der Waals surface area (Å²) in [5, 5.41) is 8.85. The van der Waals surface area contributed by atoms with E-state index in [1.807, 2.05) is 0 Å². The summed E-state index contributed by atoms with van der Waals surface area (Å²) in [6, 6.07) is 1.41. The highest BCUT2D eigenvalue weighted by atomic mass is 16.6. The Balaban J connectivity index is 2.88. The topological polar surface area (TPSA) is 79.6 Å². The van der Waals surface area contributed by atoms with Gasteiger partial charge in [-0.05, 0) is 53.9 Å². The molecule has 1 saturated heterocycles. The Morgan fingerprint density at radius 3 is 2.14 bits per heavy atom. The molecule has 0 spiro atoms. The van der Waals surface area contributed by atoms with Crippen LogP contribution in [0.25, 0.3) is 0 Å². The molecule has 0 aromatic heterocycles. The van der Waals surface area contributed by atoms with Crippen LogP contribution in [-0.2, 0) is 14.3 Å². The fourth-order valence-corrected chi connectivity index (χ4v) is 2.32. The van der Waals surface area contributed by atoms with Gasteiger partial charge in [0, 0.05) is 13.0 Å². The number of nitriles is 1. The molecule has 1 aliphatic rings. The van der Waals surface area contributed by atoms with Crippen LogP contribution in [0.4, 0.5) is 4.79 Å². The third-order valence-electron chi connectivity index (χ3n) is 3.07. The summed E-state index contributed by atoms with van der Waals surface area (Å²) >= 11 is 0. The third-order valence-corrected chi connectivity index (χ3v) is 3.07. The first-order valence-electron chi connectivity index (χ1n) is 7.52. The molecule has 0 saturated carbocycles. The average Bonchev–Trinajstić information content (AvgIpc) is 2.69. The molecule has 1 fully saturated rings. The summed E-state index contributed by atoms with van der Waals surface area (Å²) in [5.41, 5.74) is -1.26. The van der Waals surface area contributed by atoms with E-state index in [4.69, 9.17) is 14.7 Å². The zero-order valence-electron chi connectivity index (χ0n) is 14.3. The fraction of sp³-hybridized carbons (Fsp3) is 0.812. The zero-order chi connectivity index (χ0) is 17.1. The Labute approximate surface area is 132 Å². The van der Waals surface area contributed by atoms with E-state index in [0.29, 0.717) is 19.4 Å². The van der Waals surface area contributed by atoms with E-state index in [9.17, 15) is 9.59 Å². The van der Waals surface area contributed by atoms with Gasteiger partial charge in [-0.15, -0.1) is 0 Å². The van der Waals surface area contributed by atoms with Crippen molar-refractivity contribution in [1.29, 1.82) is 5.26 Å². The second kappa shape index (κ2) is 6.55. The van der Waals surface area contributed by atoms with Gasteiger partial charge in [0.25, 0.3) is 0 Å². The van der Waals surface area contributed by atoms with Gasteiger partial charge in [-0.2, -0.15) is 5.26 Å². The molecule has 6 nitrogen and oxygen atoms in total. The Morgan fingerprint density at radius 2 is 1.68 bits per heavy atom. The van der Waals surface area contributed by atoms with E-state index >= 15 is 0 Å². The minimum atomic E-state index is -0.688. The lowest BCUT2D eigenvalue weighted by Gasteiger charge is -2.29. The number of likely N-dealkylation sites (tertiary alicyclic amines) is 1. The highest BCUT2D eigenvalue weighted by molar-refractivity contribution is 5.82. The van der Waals surface area contributed by atoms with Crippen LogP contribution in [0.5, 0.6) is 0 Å². The number of rotatable bonds is 2. The Kier molecular flexibility index (Phi) is 5.44. The number of amides is 1. The molecule has 6 heteroatoms. The predicted molar refractivity (Wildman–Crippen MR) is 80.9 cm³/mol.